The maximum absolute atomic E-state index is 13.9. The Balaban J connectivity index is 1.46. The number of halogens is 4. The SMILES string of the molecule is O=C(NC1CNCCC1c1ccc(F)c(F)c1)C1CC1c1c(F)cccc1F. The molecule has 2 aromatic carbocycles. The van der Waals surface area contributed by atoms with E-state index >= 15 is 0 Å². The van der Waals surface area contributed by atoms with E-state index < -0.39 is 35.1 Å². The van der Waals surface area contributed by atoms with Gasteiger partial charge in [0.05, 0.1) is 0 Å². The second-order valence-electron chi connectivity index (χ2n) is 7.47. The third kappa shape index (κ3) is 3.63. The summed E-state index contributed by atoms with van der Waals surface area (Å²) >= 11 is 0. The lowest BCUT2D eigenvalue weighted by Gasteiger charge is -2.33. The number of rotatable bonds is 4. The molecule has 4 atom stereocenters. The van der Waals surface area contributed by atoms with E-state index in [0.29, 0.717) is 31.5 Å². The smallest absolute Gasteiger partial charge is 0.224 e. The summed E-state index contributed by atoms with van der Waals surface area (Å²) in [7, 11) is 0. The van der Waals surface area contributed by atoms with Gasteiger partial charge in [-0.1, -0.05) is 12.1 Å². The van der Waals surface area contributed by atoms with Gasteiger partial charge in [-0.25, -0.2) is 17.6 Å². The summed E-state index contributed by atoms with van der Waals surface area (Å²) in [5, 5.41) is 6.12. The van der Waals surface area contributed by atoms with Crippen LogP contribution in [-0.2, 0) is 4.79 Å². The number of piperidine rings is 1. The lowest BCUT2D eigenvalue weighted by molar-refractivity contribution is -0.123. The molecule has 2 N–H and O–H groups in total. The summed E-state index contributed by atoms with van der Waals surface area (Å²) in [6.07, 6.45) is 1.05. The van der Waals surface area contributed by atoms with Gasteiger partial charge in [-0.3, -0.25) is 4.79 Å². The van der Waals surface area contributed by atoms with E-state index in [-0.39, 0.29) is 23.4 Å². The fourth-order valence-electron chi connectivity index (χ4n) is 4.11. The third-order valence-electron chi connectivity index (χ3n) is 5.68. The Morgan fingerprint density at radius 2 is 1.71 bits per heavy atom. The number of hydrogen-bond donors (Lipinski definition) is 2. The maximum atomic E-state index is 13.9. The Kier molecular flexibility index (Phi) is 5.10. The molecule has 7 heteroatoms. The molecule has 1 saturated carbocycles. The van der Waals surface area contributed by atoms with Gasteiger partial charge in [0.1, 0.15) is 11.6 Å². The molecule has 0 aromatic heterocycles. The van der Waals surface area contributed by atoms with Gasteiger partial charge in [0.2, 0.25) is 5.91 Å². The van der Waals surface area contributed by atoms with Crippen molar-refractivity contribution in [2.45, 2.75) is 30.7 Å². The number of nitrogens with one attached hydrogen (secondary N) is 2. The van der Waals surface area contributed by atoms with E-state index in [1.807, 2.05) is 0 Å². The molecule has 4 rings (SSSR count). The zero-order valence-corrected chi connectivity index (χ0v) is 15.0. The molecule has 28 heavy (non-hydrogen) atoms. The predicted molar refractivity (Wildman–Crippen MR) is 95.7 cm³/mol. The van der Waals surface area contributed by atoms with Crippen molar-refractivity contribution < 1.29 is 22.4 Å². The molecular weight excluding hydrogens is 372 g/mol. The highest BCUT2D eigenvalue weighted by atomic mass is 19.2. The summed E-state index contributed by atoms with van der Waals surface area (Å²) in [5.41, 5.74) is 0.583. The second kappa shape index (κ2) is 7.54. The van der Waals surface area contributed by atoms with Gasteiger partial charge >= 0.3 is 0 Å². The second-order valence-corrected chi connectivity index (χ2v) is 7.47. The Morgan fingerprint density at radius 1 is 0.964 bits per heavy atom. The number of benzene rings is 2. The van der Waals surface area contributed by atoms with Gasteiger partial charge in [0.25, 0.3) is 0 Å². The highest BCUT2D eigenvalue weighted by Gasteiger charge is 2.47. The summed E-state index contributed by atoms with van der Waals surface area (Å²) in [5.74, 6) is -4.50. The molecule has 1 saturated heterocycles. The normalized spacial score (nSPS) is 26.7. The molecule has 1 amide bonds. The number of carbonyl (C=O) groups excluding carboxylic acids is 1. The molecule has 2 aromatic rings. The number of hydrogen-bond acceptors (Lipinski definition) is 2. The van der Waals surface area contributed by atoms with E-state index in [1.165, 1.54) is 30.3 Å². The van der Waals surface area contributed by atoms with Crippen molar-refractivity contribution in [2.75, 3.05) is 13.1 Å². The van der Waals surface area contributed by atoms with Gasteiger partial charge in [-0.2, -0.15) is 0 Å². The van der Waals surface area contributed by atoms with Crippen molar-refractivity contribution in [3.8, 4) is 0 Å². The average Bonchev–Trinajstić information content (AvgIpc) is 3.45. The number of carbonyl (C=O) groups is 1. The van der Waals surface area contributed by atoms with Crippen LogP contribution >= 0.6 is 0 Å². The molecule has 0 spiro atoms. The zero-order chi connectivity index (χ0) is 19.8. The lowest BCUT2D eigenvalue weighted by Crippen LogP contribution is -2.50. The minimum Gasteiger partial charge on any atom is -0.351 e. The van der Waals surface area contributed by atoms with Crippen LogP contribution in [0.15, 0.2) is 36.4 Å². The van der Waals surface area contributed by atoms with Crippen LogP contribution in [0.5, 0.6) is 0 Å². The monoisotopic (exact) mass is 392 g/mol. The van der Waals surface area contributed by atoms with Crippen LogP contribution < -0.4 is 10.6 Å². The summed E-state index contributed by atoms with van der Waals surface area (Å²) in [6.45, 7) is 1.18. The van der Waals surface area contributed by atoms with E-state index in [0.717, 1.165) is 6.07 Å². The highest BCUT2D eigenvalue weighted by Crippen LogP contribution is 2.49. The zero-order valence-electron chi connectivity index (χ0n) is 15.0. The minimum atomic E-state index is -0.918. The topological polar surface area (TPSA) is 41.1 Å². The molecule has 1 aliphatic carbocycles. The van der Waals surface area contributed by atoms with E-state index in [4.69, 9.17) is 0 Å². The Labute approximate surface area is 160 Å². The molecular formula is C21H20F4N2O. The fourth-order valence-corrected chi connectivity index (χ4v) is 4.11. The van der Waals surface area contributed by atoms with Crippen LogP contribution in [0.25, 0.3) is 0 Å². The average molecular weight is 392 g/mol. The maximum Gasteiger partial charge on any atom is 0.224 e. The van der Waals surface area contributed by atoms with E-state index in [9.17, 15) is 22.4 Å². The van der Waals surface area contributed by atoms with Gasteiger partial charge in [0, 0.05) is 35.9 Å². The molecule has 1 aliphatic heterocycles. The van der Waals surface area contributed by atoms with Crippen LogP contribution in [-0.4, -0.2) is 25.0 Å². The molecule has 1 heterocycles. The summed E-state index contributed by atoms with van der Waals surface area (Å²) in [4.78, 5) is 12.7. The molecule has 148 valence electrons. The van der Waals surface area contributed by atoms with E-state index in [2.05, 4.69) is 10.6 Å². The Hall–Kier alpha value is -2.41. The standard InChI is InChI=1S/C21H20F4N2O/c22-15-5-4-11(8-18(15)25)12-6-7-26-10-19(12)27-21(28)14-9-13(14)20-16(23)2-1-3-17(20)24/h1-5,8,12-14,19,26H,6-7,9-10H2,(H,27,28). The minimum absolute atomic E-state index is 0.0402. The van der Waals surface area contributed by atoms with Crippen molar-refractivity contribution in [3.05, 3.63) is 70.8 Å². The van der Waals surface area contributed by atoms with Crippen LogP contribution in [0.1, 0.15) is 35.8 Å². The van der Waals surface area contributed by atoms with E-state index in [1.54, 1.807) is 0 Å². The first-order valence-electron chi connectivity index (χ1n) is 9.35. The van der Waals surface area contributed by atoms with Crippen molar-refractivity contribution >= 4 is 5.91 Å². The van der Waals surface area contributed by atoms with Gasteiger partial charge in [0.15, 0.2) is 11.6 Å². The van der Waals surface area contributed by atoms with Crippen LogP contribution in [0.3, 0.4) is 0 Å². The highest BCUT2D eigenvalue weighted by molar-refractivity contribution is 5.83. The molecule has 2 aliphatic rings. The molecule has 0 radical (unpaired) electrons. The summed E-state index contributed by atoms with van der Waals surface area (Å²) < 4.78 is 54.8. The van der Waals surface area contributed by atoms with Crippen LogP contribution in [0.4, 0.5) is 17.6 Å². The number of amides is 1. The van der Waals surface area contributed by atoms with Crippen molar-refractivity contribution in [3.63, 3.8) is 0 Å². The first kappa shape index (κ1) is 18.9. The third-order valence-corrected chi connectivity index (χ3v) is 5.68. The predicted octanol–water partition coefficient (Wildman–Crippen LogP) is 3.61. The Morgan fingerprint density at radius 3 is 2.43 bits per heavy atom. The fraction of sp³-hybridized carbons (Fsp3) is 0.381. The van der Waals surface area contributed by atoms with Gasteiger partial charge in [-0.15, -0.1) is 0 Å². The van der Waals surface area contributed by atoms with Crippen LogP contribution in [0.2, 0.25) is 0 Å². The van der Waals surface area contributed by atoms with Crippen molar-refractivity contribution in [1.29, 1.82) is 0 Å². The molecule has 4 unspecified atom stereocenters. The molecule has 3 nitrogen and oxygen atoms in total. The lowest BCUT2D eigenvalue weighted by atomic mass is 9.86. The van der Waals surface area contributed by atoms with Gasteiger partial charge in [-0.05, 0) is 49.2 Å². The molecule has 2 fully saturated rings. The molecule has 0 bridgehead atoms. The summed E-state index contributed by atoms with van der Waals surface area (Å²) in [6, 6.07) is 7.15. The first-order chi connectivity index (χ1) is 13.5. The quantitative estimate of drug-likeness (QED) is 0.781. The van der Waals surface area contributed by atoms with Gasteiger partial charge < -0.3 is 10.6 Å². The Bertz CT molecular complexity index is 884. The van der Waals surface area contributed by atoms with Crippen LogP contribution in [0, 0.1) is 29.2 Å². The largest absolute Gasteiger partial charge is 0.351 e. The van der Waals surface area contributed by atoms with Crippen molar-refractivity contribution in [1.82, 2.24) is 10.6 Å². The van der Waals surface area contributed by atoms with Crippen molar-refractivity contribution in [2.24, 2.45) is 5.92 Å². The first-order valence-corrected chi connectivity index (χ1v) is 9.35.